The van der Waals surface area contributed by atoms with Gasteiger partial charge in [-0.15, -0.1) is 0 Å². The fourth-order valence-corrected chi connectivity index (χ4v) is 2.64. The number of amides is 1. The third kappa shape index (κ3) is 5.77. The van der Waals surface area contributed by atoms with Crippen LogP contribution in [0.2, 0.25) is 5.28 Å². The van der Waals surface area contributed by atoms with Gasteiger partial charge in [-0.05, 0) is 57.8 Å². The lowest BCUT2D eigenvalue weighted by Gasteiger charge is -2.33. The fourth-order valence-electron chi connectivity index (χ4n) is 2.48. The van der Waals surface area contributed by atoms with Gasteiger partial charge in [0.1, 0.15) is 5.60 Å². The zero-order chi connectivity index (χ0) is 16.2. The molecule has 1 fully saturated rings. The van der Waals surface area contributed by atoms with E-state index in [-0.39, 0.29) is 17.4 Å². The van der Waals surface area contributed by atoms with E-state index in [4.69, 9.17) is 16.3 Å². The number of rotatable bonds is 3. The summed E-state index contributed by atoms with van der Waals surface area (Å²) in [4.78, 5) is 22.2. The zero-order valence-electron chi connectivity index (χ0n) is 13.3. The van der Waals surface area contributed by atoms with Crippen LogP contribution in [0.15, 0.2) is 12.3 Å². The van der Waals surface area contributed by atoms with Crippen molar-refractivity contribution in [1.82, 2.24) is 20.2 Å². The predicted molar refractivity (Wildman–Crippen MR) is 84.7 cm³/mol. The second-order valence-corrected chi connectivity index (χ2v) is 6.88. The van der Waals surface area contributed by atoms with Gasteiger partial charge in [-0.2, -0.15) is 0 Å². The smallest absolute Gasteiger partial charge is 0.407 e. The summed E-state index contributed by atoms with van der Waals surface area (Å²) >= 11 is 5.81. The topological polar surface area (TPSA) is 67.3 Å². The van der Waals surface area contributed by atoms with Gasteiger partial charge in [0.05, 0.1) is 5.69 Å². The summed E-state index contributed by atoms with van der Waals surface area (Å²) in [5.41, 5.74) is 0.411. The Morgan fingerprint density at radius 2 is 2.32 bits per heavy atom. The predicted octanol–water partition coefficient (Wildman–Crippen LogP) is 2.62. The molecule has 1 amide bonds. The summed E-state index contributed by atoms with van der Waals surface area (Å²) in [6.45, 7) is 8.04. The first-order chi connectivity index (χ1) is 10.3. The van der Waals surface area contributed by atoms with Gasteiger partial charge in [0, 0.05) is 25.3 Å². The molecule has 0 spiro atoms. The Kier molecular flexibility index (Phi) is 5.58. The lowest BCUT2D eigenvalue weighted by molar-refractivity contribution is 0.0470. The van der Waals surface area contributed by atoms with E-state index in [9.17, 15) is 4.79 Å². The van der Waals surface area contributed by atoms with E-state index < -0.39 is 5.60 Å². The quantitative estimate of drug-likeness (QED) is 0.865. The molecule has 1 saturated heterocycles. The number of likely N-dealkylation sites (tertiary alicyclic amines) is 1. The van der Waals surface area contributed by atoms with Crippen LogP contribution < -0.4 is 5.32 Å². The second kappa shape index (κ2) is 7.24. The van der Waals surface area contributed by atoms with Crippen molar-refractivity contribution in [3.63, 3.8) is 0 Å². The molecule has 1 aliphatic heterocycles. The van der Waals surface area contributed by atoms with Gasteiger partial charge in [0.25, 0.3) is 0 Å². The van der Waals surface area contributed by atoms with Crippen LogP contribution in [0.25, 0.3) is 0 Å². The molecule has 122 valence electrons. The van der Waals surface area contributed by atoms with Gasteiger partial charge in [-0.3, -0.25) is 4.90 Å². The number of hydrogen-bond acceptors (Lipinski definition) is 5. The summed E-state index contributed by atoms with van der Waals surface area (Å²) in [6, 6.07) is 1.96. The highest BCUT2D eigenvalue weighted by molar-refractivity contribution is 6.28. The molecule has 22 heavy (non-hydrogen) atoms. The van der Waals surface area contributed by atoms with Gasteiger partial charge < -0.3 is 10.1 Å². The number of halogens is 1. The van der Waals surface area contributed by atoms with Gasteiger partial charge in [-0.1, -0.05) is 0 Å². The summed E-state index contributed by atoms with van der Waals surface area (Å²) < 4.78 is 5.30. The summed E-state index contributed by atoms with van der Waals surface area (Å²) in [6.07, 6.45) is 3.29. The molecule has 2 heterocycles. The van der Waals surface area contributed by atoms with Crippen molar-refractivity contribution < 1.29 is 9.53 Å². The first-order valence-electron chi connectivity index (χ1n) is 7.51. The van der Waals surface area contributed by atoms with Gasteiger partial charge in [0.15, 0.2) is 0 Å². The summed E-state index contributed by atoms with van der Waals surface area (Å²) in [7, 11) is 0. The van der Waals surface area contributed by atoms with Crippen molar-refractivity contribution in [2.75, 3.05) is 13.1 Å². The number of nitrogens with one attached hydrogen (secondary N) is 1. The number of nitrogens with zero attached hydrogens (tertiary/aromatic N) is 3. The average Bonchev–Trinajstić information content (AvgIpc) is 2.36. The second-order valence-electron chi connectivity index (χ2n) is 6.54. The van der Waals surface area contributed by atoms with Crippen LogP contribution in [0.4, 0.5) is 4.79 Å². The molecular weight excluding hydrogens is 304 g/mol. The normalized spacial score (nSPS) is 19.7. The van der Waals surface area contributed by atoms with Crippen LogP contribution in [-0.4, -0.2) is 45.7 Å². The van der Waals surface area contributed by atoms with E-state index in [0.29, 0.717) is 6.54 Å². The van der Waals surface area contributed by atoms with E-state index in [0.717, 1.165) is 31.6 Å². The van der Waals surface area contributed by atoms with Crippen LogP contribution >= 0.6 is 11.6 Å². The zero-order valence-corrected chi connectivity index (χ0v) is 14.1. The summed E-state index contributed by atoms with van der Waals surface area (Å²) in [5.74, 6) is 0. The average molecular weight is 327 g/mol. The third-order valence-corrected chi connectivity index (χ3v) is 3.48. The maximum Gasteiger partial charge on any atom is 0.407 e. The van der Waals surface area contributed by atoms with Crippen LogP contribution in [0.1, 0.15) is 39.3 Å². The highest BCUT2D eigenvalue weighted by Gasteiger charge is 2.24. The molecular formula is C15H23ClN4O2. The van der Waals surface area contributed by atoms with Crippen LogP contribution in [-0.2, 0) is 11.3 Å². The number of piperidine rings is 1. The van der Waals surface area contributed by atoms with Crippen LogP contribution in [0.5, 0.6) is 0 Å². The molecule has 2 rings (SSSR count). The number of ether oxygens (including phenoxy) is 1. The number of hydrogen-bond donors (Lipinski definition) is 1. The highest BCUT2D eigenvalue weighted by Crippen LogP contribution is 2.14. The Morgan fingerprint density at radius 1 is 1.55 bits per heavy atom. The Morgan fingerprint density at radius 3 is 3.00 bits per heavy atom. The Balaban J connectivity index is 1.85. The van der Waals surface area contributed by atoms with Gasteiger partial charge >= 0.3 is 6.09 Å². The van der Waals surface area contributed by atoms with Crippen LogP contribution in [0, 0.1) is 0 Å². The van der Waals surface area contributed by atoms with Crippen LogP contribution in [0.3, 0.4) is 0 Å². The molecule has 1 aromatic heterocycles. The Bertz CT molecular complexity index is 519. The molecule has 0 aliphatic carbocycles. The molecule has 1 aromatic rings. The maximum atomic E-state index is 11.8. The van der Waals surface area contributed by atoms with E-state index >= 15 is 0 Å². The highest BCUT2D eigenvalue weighted by atomic mass is 35.5. The monoisotopic (exact) mass is 326 g/mol. The number of aromatic nitrogens is 2. The standard InChI is InChI=1S/C15H23ClN4O2/c1-15(2,3)22-14(21)19-11-5-4-8-20(9-11)10-12-6-7-17-13(16)18-12/h6-7,11H,4-5,8-10H2,1-3H3,(H,19,21)/t11-/m0/s1. The van der Waals surface area contributed by atoms with Gasteiger partial charge in [-0.25, -0.2) is 14.8 Å². The molecule has 1 N–H and O–H groups in total. The number of carbonyl (C=O) groups is 1. The molecule has 1 atom stereocenters. The lowest BCUT2D eigenvalue weighted by Crippen LogP contribution is -2.48. The number of carbonyl (C=O) groups excluding carboxylic acids is 1. The van der Waals surface area contributed by atoms with E-state index in [1.807, 2.05) is 26.8 Å². The first-order valence-corrected chi connectivity index (χ1v) is 7.89. The molecule has 0 bridgehead atoms. The molecule has 0 aromatic carbocycles. The van der Waals surface area contributed by atoms with E-state index in [2.05, 4.69) is 20.2 Å². The lowest BCUT2D eigenvalue weighted by atomic mass is 10.1. The fraction of sp³-hybridized carbons (Fsp3) is 0.667. The largest absolute Gasteiger partial charge is 0.444 e. The van der Waals surface area contributed by atoms with Gasteiger partial charge in [0.2, 0.25) is 5.28 Å². The summed E-state index contributed by atoms with van der Waals surface area (Å²) in [5, 5.41) is 3.20. The molecule has 6 nitrogen and oxygen atoms in total. The van der Waals surface area contributed by atoms with Crippen molar-refractivity contribution in [3.8, 4) is 0 Å². The van der Waals surface area contributed by atoms with Crippen molar-refractivity contribution in [1.29, 1.82) is 0 Å². The Labute approximate surface area is 136 Å². The minimum atomic E-state index is -0.476. The molecule has 0 saturated carbocycles. The number of alkyl carbamates (subject to hydrolysis) is 1. The SMILES string of the molecule is CC(C)(C)OC(=O)N[C@H]1CCCN(Cc2ccnc(Cl)n2)C1. The minimum Gasteiger partial charge on any atom is -0.444 e. The molecule has 0 unspecified atom stereocenters. The maximum absolute atomic E-state index is 11.8. The van der Waals surface area contributed by atoms with E-state index in [1.54, 1.807) is 6.20 Å². The first kappa shape index (κ1) is 17.0. The molecule has 1 aliphatic rings. The minimum absolute atomic E-state index is 0.0981. The molecule has 7 heteroatoms. The van der Waals surface area contributed by atoms with E-state index in [1.165, 1.54) is 0 Å². The molecule has 0 radical (unpaired) electrons. The third-order valence-electron chi connectivity index (χ3n) is 3.30. The Hall–Kier alpha value is -1.40. The van der Waals surface area contributed by atoms with Crippen molar-refractivity contribution >= 4 is 17.7 Å². The van der Waals surface area contributed by atoms with Crippen molar-refractivity contribution in [2.24, 2.45) is 0 Å². The van der Waals surface area contributed by atoms with Crippen molar-refractivity contribution in [3.05, 3.63) is 23.2 Å². The van der Waals surface area contributed by atoms with Crippen molar-refractivity contribution in [2.45, 2.75) is 51.8 Å².